The molecule has 0 aliphatic carbocycles. The predicted octanol–water partition coefficient (Wildman–Crippen LogP) is 2.46. The van der Waals surface area contributed by atoms with Crippen molar-refractivity contribution in [3.63, 3.8) is 0 Å². The highest BCUT2D eigenvalue weighted by molar-refractivity contribution is 8.00. The minimum absolute atomic E-state index is 0.109. The Kier molecular flexibility index (Phi) is 4.15. The Labute approximate surface area is 109 Å². The van der Waals surface area contributed by atoms with Crippen LogP contribution in [0.2, 0.25) is 0 Å². The number of ketones is 1. The molecule has 0 saturated heterocycles. The molecule has 0 radical (unpaired) electrons. The lowest BCUT2D eigenvalue weighted by atomic mass is 10.2. The van der Waals surface area contributed by atoms with E-state index >= 15 is 0 Å². The molecule has 3 nitrogen and oxygen atoms in total. The number of halogens is 1. The zero-order valence-electron chi connectivity index (χ0n) is 9.97. The molecule has 2 aromatic rings. The molecule has 0 amide bonds. The Balaban J connectivity index is 1.85. The molecule has 0 spiro atoms. The van der Waals surface area contributed by atoms with Crippen molar-refractivity contribution in [2.24, 2.45) is 7.05 Å². The summed E-state index contributed by atoms with van der Waals surface area (Å²) in [6, 6.07) is 6.26. The lowest BCUT2D eigenvalue weighted by molar-refractivity contribution is -0.116. The van der Waals surface area contributed by atoms with Crippen molar-refractivity contribution in [3.05, 3.63) is 48.0 Å². The zero-order valence-corrected chi connectivity index (χ0v) is 10.8. The smallest absolute Gasteiger partial charge is 0.147 e. The van der Waals surface area contributed by atoms with Gasteiger partial charge in [0.05, 0.1) is 11.9 Å². The van der Waals surface area contributed by atoms with Crippen molar-refractivity contribution in [2.45, 2.75) is 11.3 Å². The summed E-state index contributed by atoms with van der Waals surface area (Å²) in [7, 11) is 1.81. The molecule has 18 heavy (non-hydrogen) atoms. The van der Waals surface area contributed by atoms with Gasteiger partial charge in [-0.3, -0.25) is 9.48 Å². The van der Waals surface area contributed by atoms with Gasteiger partial charge in [-0.15, -0.1) is 11.8 Å². The van der Waals surface area contributed by atoms with Gasteiger partial charge >= 0.3 is 0 Å². The fourth-order valence-electron chi connectivity index (χ4n) is 1.56. The van der Waals surface area contributed by atoms with Gasteiger partial charge in [0.25, 0.3) is 0 Å². The van der Waals surface area contributed by atoms with Gasteiger partial charge in [0.2, 0.25) is 0 Å². The highest BCUT2D eigenvalue weighted by atomic mass is 32.2. The molecule has 0 unspecified atom stereocenters. The molecule has 94 valence electrons. The number of Topliss-reactive ketones (excluding diaryl/α,β-unsaturated/α-hetero) is 1. The van der Waals surface area contributed by atoms with Crippen LogP contribution in [0.3, 0.4) is 0 Å². The molecule has 1 aromatic heterocycles. The largest absolute Gasteiger partial charge is 0.298 e. The van der Waals surface area contributed by atoms with E-state index in [1.165, 1.54) is 23.9 Å². The minimum Gasteiger partial charge on any atom is -0.298 e. The fraction of sp³-hybridized carbons (Fsp3) is 0.231. The first-order chi connectivity index (χ1) is 8.63. The third-order valence-corrected chi connectivity index (χ3v) is 3.41. The van der Waals surface area contributed by atoms with Crippen LogP contribution in [0.1, 0.15) is 5.56 Å². The molecule has 5 heteroatoms. The number of aryl methyl sites for hydroxylation is 1. The Hall–Kier alpha value is -1.62. The summed E-state index contributed by atoms with van der Waals surface area (Å²) in [4.78, 5) is 12.5. The van der Waals surface area contributed by atoms with Gasteiger partial charge in [-0.2, -0.15) is 5.10 Å². The quantitative estimate of drug-likeness (QED) is 0.778. The maximum Gasteiger partial charge on any atom is 0.147 e. The highest BCUT2D eigenvalue weighted by Crippen LogP contribution is 2.19. The molecular formula is C13H13FN2OS. The van der Waals surface area contributed by atoms with Crippen molar-refractivity contribution < 1.29 is 9.18 Å². The van der Waals surface area contributed by atoms with Gasteiger partial charge in [-0.25, -0.2) is 4.39 Å². The van der Waals surface area contributed by atoms with Gasteiger partial charge in [-0.05, 0) is 23.8 Å². The van der Waals surface area contributed by atoms with Crippen LogP contribution in [0.25, 0.3) is 0 Å². The molecule has 0 aliphatic heterocycles. The number of hydrogen-bond donors (Lipinski definition) is 0. The predicted molar refractivity (Wildman–Crippen MR) is 69.0 cm³/mol. The summed E-state index contributed by atoms with van der Waals surface area (Å²) >= 11 is 1.35. The standard InChI is InChI=1S/C13H13FN2OS/c1-16-8-10(7-15-16)5-12(17)9-18-13-4-2-3-11(14)6-13/h2-4,6-8H,5,9H2,1H3. The van der Waals surface area contributed by atoms with Gasteiger partial charge in [0.1, 0.15) is 11.6 Å². The average molecular weight is 264 g/mol. The van der Waals surface area contributed by atoms with Crippen molar-refractivity contribution in [1.82, 2.24) is 9.78 Å². The molecule has 0 saturated carbocycles. The number of aromatic nitrogens is 2. The van der Waals surface area contributed by atoms with Gasteiger partial charge < -0.3 is 0 Å². The van der Waals surface area contributed by atoms with E-state index in [0.29, 0.717) is 12.2 Å². The molecule has 0 bridgehead atoms. The second-order valence-corrected chi connectivity index (χ2v) is 5.03. The van der Waals surface area contributed by atoms with Crippen LogP contribution in [-0.4, -0.2) is 21.3 Å². The Morgan fingerprint density at radius 1 is 1.50 bits per heavy atom. The van der Waals surface area contributed by atoms with Gasteiger partial charge in [0, 0.05) is 24.6 Å². The van der Waals surface area contributed by atoms with Crippen molar-refractivity contribution in [3.8, 4) is 0 Å². The van der Waals surface area contributed by atoms with Gasteiger partial charge in [-0.1, -0.05) is 6.07 Å². The lowest BCUT2D eigenvalue weighted by Gasteiger charge is -2.00. The van der Waals surface area contributed by atoms with Gasteiger partial charge in [0.15, 0.2) is 0 Å². The molecule has 1 aromatic carbocycles. The summed E-state index contributed by atoms with van der Waals surface area (Å²) in [5.74, 6) is 0.176. The van der Waals surface area contributed by atoms with Crippen LogP contribution in [0.4, 0.5) is 4.39 Å². The van der Waals surface area contributed by atoms with E-state index in [1.807, 2.05) is 13.2 Å². The second kappa shape index (κ2) is 5.82. The molecule has 2 rings (SSSR count). The number of carbonyl (C=O) groups excluding carboxylic acids is 1. The number of hydrogen-bond acceptors (Lipinski definition) is 3. The van der Waals surface area contributed by atoms with E-state index in [9.17, 15) is 9.18 Å². The Morgan fingerprint density at radius 3 is 3.00 bits per heavy atom. The first kappa shape index (κ1) is 12.8. The zero-order chi connectivity index (χ0) is 13.0. The van der Waals surface area contributed by atoms with Crippen molar-refractivity contribution >= 4 is 17.5 Å². The van der Waals surface area contributed by atoms with E-state index in [-0.39, 0.29) is 11.6 Å². The first-order valence-corrected chi connectivity index (χ1v) is 6.49. The monoisotopic (exact) mass is 264 g/mol. The van der Waals surface area contributed by atoms with Crippen LogP contribution < -0.4 is 0 Å². The number of benzene rings is 1. The average Bonchev–Trinajstić information content (AvgIpc) is 2.72. The minimum atomic E-state index is -0.278. The van der Waals surface area contributed by atoms with Crippen LogP contribution >= 0.6 is 11.8 Å². The van der Waals surface area contributed by atoms with Crippen LogP contribution in [0.5, 0.6) is 0 Å². The molecule has 0 fully saturated rings. The highest BCUT2D eigenvalue weighted by Gasteiger charge is 2.06. The molecule has 0 atom stereocenters. The Bertz CT molecular complexity index is 553. The topological polar surface area (TPSA) is 34.9 Å². The third kappa shape index (κ3) is 3.70. The normalized spacial score (nSPS) is 10.6. The van der Waals surface area contributed by atoms with Crippen molar-refractivity contribution in [2.75, 3.05) is 5.75 Å². The first-order valence-electron chi connectivity index (χ1n) is 5.51. The summed E-state index contributed by atoms with van der Waals surface area (Å²) in [5.41, 5.74) is 0.905. The molecule has 1 heterocycles. The van der Waals surface area contributed by atoms with E-state index in [4.69, 9.17) is 0 Å². The summed E-state index contributed by atoms with van der Waals surface area (Å²) < 4.78 is 14.6. The van der Waals surface area contributed by atoms with Crippen molar-refractivity contribution in [1.29, 1.82) is 0 Å². The van der Waals surface area contributed by atoms with E-state index < -0.39 is 0 Å². The summed E-state index contributed by atoms with van der Waals surface area (Å²) in [5, 5.41) is 4.01. The number of thioether (sulfide) groups is 1. The second-order valence-electron chi connectivity index (χ2n) is 3.98. The fourth-order valence-corrected chi connectivity index (χ4v) is 2.36. The number of nitrogens with zero attached hydrogens (tertiary/aromatic N) is 2. The van der Waals surface area contributed by atoms with Crippen LogP contribution in [-0.2, 0) is 18.3 Å². The van der Waals surface area contributed by atoms with Crippen LogP contribution in [0, 0.1) is 5.82 Å². The molecule has 0 aliphatic rings. The summed E-state index contributed by atoms with van der Waals surface area (Å²) in [6.45, 7) is 0. The maximum absolute atomic E-state index is 12.9. The number of carbonyl (C=O) groups is 1. The van der Waals surface area contributed by atoms with E-state index in [2.05, 4.69) is 5.10 Å². The maximum atomic E-state index is 12.9. The van der Waals surface area contributed by atoms with E-state index in [1.54, 1.807) is 23.0 Å². The molecular weight excluding hydrogens is 251 g/mol. The molecule has 0 N–H and O–H groups in total. The van der Waals surface area contributed by atoms with Crippen LogP contribution in [0.15, 0.2) is 41.6 Å². The van der Waals surface area contributed by atoms with E-state index in [0.717, 1.165) is 10.5 Å². The lowest BCUT2D eigenvalue weighted by Crippen LogP contribution is -2.05. The Morgan fingerprint density at radius 2 is 2.33 bits per heavy atom. The summed E-state index contributed by atoms with van der Waals surface area (Å²) in [6.07, 6.45) is 3.88. The SMILES string of the molecule is Cn1cc(CC(=O)CSc2cccc(F)c2)cn1. The third-order valence-electron chi connectivity index (χ3n) is 2.36. The number of rotatable bonds is 5.